The Morgan fingerprint density at radius 3 is 2.00 bits per heavy atom. The summed E-state index contributed by atoms with van der Waals surface area (Å²) in [7, 11) is 0. The van der Waals surface area contributed by atoms with E-state index in [2.05, 4.69) is 6.92 Å². The van der Waals surface area contributed by atoms with Crippen molar-refractivity contribution in [2.24, 2.45) is 5.92 Å². The van der Waals surface area contributed by atoms with Crippen LogP contribution in [0, 0.1) is 5.92 Å². The van der Waals surface area contributed by atoms with E-state index in [4.69, 9.17) is 4.74 Å². The summed E-state index contributed by atoms with van der Waals surface area (Å²) in [5, 5.41) is 0. The Balaban J connectivity index is 3.16. The van der Waals surface area contributed by atoms with E-state index >= 15 is 0 Å². The fraction of sp³-hybridized carbons (Fsp3) is 0.933. The lowest BCUT2D eigenvalue weighted by atomic mass is 10.1. The average molecular weight is 242 g/mol. The first-order valence-corrected chi connectivity index (χ1v) is 7.39. The van der Waals surface area contributed by atoms with E-state index in [1.807, 2.05) is 13.8 Å². The van der Waals surface area contributed by atoms with Crippen molar-refractivity contribution in [3.8, 4) is 0 Å². The molecular formula is C15H30O2. The van der Waals surface area contributed by atoms with Crippen molar-refractivity contribution < 1.29 is 9.53 Å². The Bertz CT molecular complexity index is 178. The van der Waals surface area contributed by atoms with E-state index in [-0.39, 0.29) is 11.9 Å². The first-order valence-electron chi connectivity index (χ1n) is 7.39. The van der Waals surface area contributed by atoms with Crippen LogP contribution in [0.15, 0.2) is 0 Å². The van der Waals surface area contributed by atoms with Crippen LogP contribution in [0.1, 0.15) is 78.6 Å². The Morgan fingerprint density at radius 2 is 1.47 bits per heavy atom. The van der Waals surface area contributed by atoms with Gasteiger partial charge in [-0.25, -0.2) is 0 Å². The van der Waals surface area contributed by atoms with Crippen molar-refractivity contribution in [1.29, 1.82) is 0 Å². The summed E-state index contributed by atoms with van der Waals surface area (Å²) in [6.07, 6.45) is 11.1. The van der Waals surface area contributed by atoms with Gasteiger partial charge in [0.25, 0.3) is 0 Å². The molecule has 0 aromatic rings. The first-order chi connectivity index (χ1) is 8.22. The van der Waals surface area contributed by atoms with Crippen LogP contribution in [0.2, 0.25) is 0 Å². The normalized spacial score (nSPS) is 12.4. The average Bonchev–Trinajstić information content (AvgIpc) is 2.35. The summed E-state index contributed by atoms with van der Waals surface area (Å²) in [5.74, 6) is 0.0273. The highest BCUT2D eigenvalue weighted by Crippen LogP contribution is 2.09. The lowest BCUT2D eigenvalue weighted by molar-refractivity contribution is -0.148. The van der Waals surface area contributed by atoms with Gasteiger partial charge in [0.15, 0.2) is 0 Å². The van der Waals surface area contributed by atoms with Crippen molar-refractivity contribution in [2.45, 2.75) is 78.6 Å². The number of carbonyl (C=O) groups excluding carboxylic acids is 1. The van der Waals surface area contributed by atoms with Gasteiger partial charge in [-0.15, -0.1) is 0 Å². The molecule has 0 aromatic carbocycles. The van der Waals surface area contributed by atoms with Crippen LogP contribution in [-0.2, 0) is 9.53 Å². The molecule has 0 bridgehead atoms. The van der Waals surface area contributed by atoms with Gasteiger partial charge in [-0.3, -0.25) is 4.79 Å². The van der Waals surface area contributed by atoms with Gasteiger partial charge in [0.1, 0.15) is 0 Å². The molecular weight excluding hydrogens is 212 g/mol. The molecule has 2 heteroatoms. The van der Waals surface area contributed by atoms with Crippen LogP contribution in [-0.4, -0.2) is 12.6 Å². The highest BCUT2D eigenvalue weighted by Gasteiger charge is 2.10. The van der Waals surface area contributed by atoms with Crippen molar-refractivity contribution in [2.75, 3.05) is 6.61 Å². The molecule has 0 amide bonds. The molecule has 102 valence electrons. The molecule has 0 spiro atoms. The summed E-state index contributed by atoms with van der Waals surface area (Å²) in [6.45, 7) is 6.79. The molecule has 0 unspecified atom stereocenters. The minimum absolute atomic E-state index is 0.0320. The van der Waals surface area contributed by atoms with E-state index in [1.165, 1.54) is 44.9 Å². The Labute approximate surface area is 107 Å². The van der Waals surface area contributed by atoms with Crippen LogP contribution in [0.3, 0.4) is 0 Å². The highest BCUT2D eigenvalue weighted by atomic mass is 16.5. The van der Waals surface area contributed by atoms with Gasteiger partial charge in [-0.2, -0.15) is 0 Å². The Hall–Kier alpha value is -0.530. The van der Waals surface area contributed by atoms with Gasteiger partial charge < -0.3 is 4.74 Å². The molecule has 2 nitrogen and oxygen atoms in total. The zero-order valence-corrected chi connectivity index (χ0v) is 12.0. The van der Waals surface area contributed by atoms with Gasteiger partial charge in [-0.05, 0) is 12.8 Å². The van der Waals surface area contributed by atoms with E-state index in [9.17, 15) is 4.79 Å². The van der Waals surface area contributed by atoms with Crippen molar-refractivity contribution >= 4 is 5.97 Å². The number of ether oxygens (including phenoxy) is 1. The molecule has 0 saturated carbocycles. The topological polar surface area (TPSA) is 26.3 Å². The third kappa shape index (κ3) is 10.3. The third-order valence-electron chi connectivity index (χ3n) is 3.26. The van der Waals surface area contributed by atoms with Gasteiger partial charge in [-0.1, -0.05) is 65.7 Å². The van der Waals surface area contributed by atoms with Crippen molar-refractivity contribution in [3.05, 3.63) is 0 Å². The maximum absolute atomic E-state index is 11.4. The molecule has 0 N–H and O–H groups in total. The largest absolute Gasteiger partial charge is 0.465 e. The van der Waals surface area contributed by atoms with Crippen LogP contribution in [0.5, 0.6) is 0 Å². The predicted octanol–water partition coefficient (Wildman–Crippen LogP) is 4.72. The Kier molecular flexibility index (Phi) is 11.6. The van der Waals surface area contributed by atoms with Crippen LogP contribution < -0.4 is 0 Å². The van der Waals surface area contributed by atoms with Gasteiger partial charge >= 0.3 is 5.97 Å². The zero-order chi connectivity index (χ0) is 12.9. The quantitative estimate of drug-likeness (QED) is 0.387. The second-order valence-corrected chi connectivity index (χ2v) is 4.95. The molecule has 0 saturated heterocycles. The number of unbranched alkanes of at least 4 members (excludes halogenated alkanes) is 7. The number of rotatable bonds is 11. The summed E-state index contributed by atoms with van der Waals surface area (Å²) < 4.78 is 5.20. The summed E-state index contributed by atoms with van der Waals surface area (Å²) in [4.78, 5) is 11.4. The smallest absolute Gasteiger partial charge is 0.308 e. The van der Waals surface area contributed by atoms with E-state index in [1.54, 1.807) is 0 Å². The number of carbonyl (C=O) groups is 1. The summed E-state index contributed by atoms with van der Waals surface area (Å²) in [6, 6.07) is 0. The summed E-state index contributed by atoms with van der Waals surface area (Å²) >= 11 is 0. The minimum atomic E-state index is -0.0320. The summed E-state index contributed by atoms with van der Waals surface area (Å²) in [5.41, 5.74) is 0. The molecule has 0 aliphatic carbocycles. The molecule has 0 radical (unpaired) electrons. The van der Waals surface area contributed by atoms with Crippen LogP contribution in [0.25, 0.3) is 0 Å². The highest BCUT2D eigenvalue weighted by molar-refractivity contribution is 5.71. The minimum Gasteiger partial charge on any atom is -0.465 e. The first kappa shape index (κ1) is 16.5. The number of hydrogen-bond donors (Lipinski definition) is 0. The predicted molar refractivity (Wildman–Crippen MR) is 73.0 cm³/mol. The lowest BCUT2D eigenvalue weighted by Gasteiger charge is -2.08. The van der Waals surface area contributed by atoms with E-state index in [0.29, 0.717) is 6.61 Å². The second kappa shape index (κ2) is 11.9. The molecule has 0 aliphatic heterocycles. The van der Waals surface area contributed by atoms with Crippen molar-refractivity contribution in [3.63, 3.8) is 0 Å². The van der Waals surface area contributed by atoms with Gasteiger partial charge in [0, 0.05) is 0 Å². The maximum atomic E-state index is 11.4. The fourth-order valence-corrected chi connectivity index (χ4v) is 1.72. The van der Waals surface area contributed by atoms with Gasteiger partial charge in [0.2, 0.25) is 0 Å². The maximum Gasteiger partial charge on any atom is 0.308 e. The number of hydrogen-bond acceptors (Lipinski definition) is 2. The molecule has 17 heavy (non-hydrogen) atoms. The fourth-order valence-electron chi connectivity index (χ4n) is 1.72. The van der Waals surface area contributed by atoms with E-state index < -0.39 is 0 Å². The molecule has 0 rings (SSSR count). The Morgan fingerprint density at radius 1 is 0.941 bits per heavy atom. The SMILES string of the molecule is CCCCCCCCCCOC(=O)[C@H](C)CC. The second-order valence-electron chi connectivity index (χ2n) is 4.95. The molecule has 1 atom stereocenters. The molecule has 0 fully saturated rings. The zero-order valence-electron chi connectivity index (χ0n) is 12.0. The van der Waals surface area contributed by atoms with Crippen LogP contribution >= 0.6 is 0 Å². The number of esters is 1. The standard InChI is InChI=1S/C15H30O2/c1-4-6-7-8-9-10-11-12-13-17-15(16)14(3)5-2/h14H,4-13H2,1-3H3/t14-/m1/s1. The lowest BCUT2D eigenvalue weighted by Crippen LogP contribution is -2.14. The van der Waals surface area contributed by atoms with Gasteiger partial charge in [0.05, 0.1) is 12.5 Å². The van der Waals surface area contributed by atoms with Crippen LogP contribution in [0.4, 0.5) is 0 Å². The van der Waals surface area contributed by atoms with E-state index in [0.717, 1.165) is 12.8 Å². The van der Waals surface area contributed by atoms with Crippen molar-refractivity contribution in [1.82, 2.24) is 0 Å². The molecule has 0 heterocycles. The monoisotopic (exact) mass is 242 g/mol. The molecule has 0 aliphatic rings. The molecule has 0 aromatic heterocycles. The third-order valence-corrected chi connectivity index (χ3v) is 3.26.